The van der Waals surface area contributed by atoms with E-state index in [9.17, 15) is 15.0 Å². The van der Waals surface area contributed by atoms with Crippen LogP contribution in [0.1, 0.15) is 31.7 Å². The van der Waals surface area contributed by atoms with Crippen LogP contribution in [0.15, 0.2) is 18.2 Å². The Morgan fingerprint density at radius 2 is 2.05 bits per heavy atom. The zero-order valence-corrected chi connectivity index (χ0v) is 14.1. The second-order valence-corrected chi connectivity index (χ2v) is 6.74. The zero-order valence-electron chi connectivity index (χ0n) is 12.6. The van der Waals surface area contributed by atoms with Crippen LogP contribution in [-0.2, 0) is 11.3 Å². The van der Waals surface area contributed by atoms with Gasteiger partial charge in [-0.25, -0.2) is 0 Å². The molecule has 22 heavy (non-hydrogen) atoms. The lowest BCUT2D eigenvalue weighted by molar-refractivity contribution is -0.164. The highest BCUT2D eigenvalue weighted by molar-refractivity contribution is 6.35. The number of carboxylic acid groups (broad SMARTS) is 1. The molecule has 0 aliphatic carbocycles. The quantitative estimate of drug-likeness (QED) is 0.858. The van der Waals surface area contributed by atoms with Crippen LogP contribution in [0.2, 0.25) is 10.0 Å². The number of piperidine rings is 1. The van der Waals surface area contributed by atoms with Gasteiger partial charge in [0.15, 0.2) is 0 Å². The van der Waals surface area contributed by atoms with Gasteiger partial charge in [-0.1, -0.05) is 42.6 Å². The molecule has 1 aliphatic rings. The second-order valence-electron chi connectivity index (χ2n) is 5.93. The summed E-state index contributed by atoms with van der Waals surface area (Å²) >= 11 is 12.4. The number of rotatable bonds is 5. The second kappa shape index (κ2) is 7.18. The Balaban J connectivity index is 2.22. The van der Waals surface area contributed by atoms with Crippen LogP contribution in [0.4, 0.5) is 0 Å². The number of benzene rings is 1. The van der Waals surface area contributed by atoms with Crippen molar-refractivity contribution in [2.75, 3.05) is 13.1 Å². The van der Waals surface area contributed by atoms with E-state index in [-0.39, 0.29) is 0 Å². The summed E-state index contributed by atoms with van der Waals surface area (Å²) in [4.78, 5) is 13.8. The number of carboxylic acids is 1. The Kier molecular flexibility index (Phi) is 5.72. The van der Waals surface area contributed by atoms with E-state index in [1.54, 1.807) is 18.2 Å². The fourth-order valence-corrected chi connectivity index (χ4v) is 3.73. The van der Waals surface area contributed by atoms with E-state index in [0.717, 1.165) is 5.56 Å². The van der Waals surface area contributed by atoms with Gasteiger partial charge in [0.1, 0.15) is 5.41 Å². The molecule has 1 fully saturated rings. The maximum absolute atomic E-state index is 11.8. The van der Waals surface area contributed by atoms with Gasteiger partial charge in [0.2, 0.25) is 0 Å². The number of hydrogen-bond donors (Lipinski definition) is 2. The molecular formula is C16H21Cl2NO3. The number of likely N-dealkylation sites (tertiary alicyclic amines) is 1. The maximum Gasteiger partial charge on any atom is 0.313 e. The van der Waals surface area contributed by atoms with Gasteiger partial charge in [-0.2, -0.15) is 0 Å². The number of hydrogen-bond acceptors (Lipinski definition) is 3. The van der Waals surface area contributed by atoms with Gasteiger partial charge in [-0.15, -0.1) is 0 Å². The minimum atomic E-state index is -1.11. The molecule has 6 heteroatoms. The number of aliphatic hydroxyl groups is 1. The summed E-state index contributed by atoms with van der Waals surface area (Å²) in [6, 6.07) is 5.34. The smallest absolute Gasteiger partial charge is 0.313 e. The summed E-state index contributed by atoms with van der Waals surface area (Å²) < 4.78 is 0. The Morgan fingerprint density at radius 1 is 1.41 bits per heavy atom. The van der Waals surface area contributed by atoms with E-state index in [2.05, 4.69) is 0 Å². The molecule has 0 spiro atoms. The number of carbonyl (C=O) groups is 1. The lowest BCUT2D eigenvalue weighted by Gasteiger charge is -2.43. The molecule has 1 aromatic carbocycles. The number of halogens is 2. The third kappa shape index (κ3) is 3.40. The van der Waals surface area contributed by atoms with Gasteiger partial charge in [0.25, 0.3) is 0 Å². The maximum atomic E-state index is 11.8. The summed E-state index contributed by atoms with van der Waals surface area (Å²) in [7, 11) is 0. The van der Waals surface area contributed by atoms with E-state index in [1.165, 1.54) is 0 Å². The molecule has 1 aromatic rings. The average molecular weight is 346 g/mol. The summed E-state index contributed by atoms with van der Waals surface area (Å²) in [6.45, 7) is 3.35. The average Bonchev–Trinajstić information content (AvgIpc) is 2.46. The van der Waals surface area contributed by atoms with Gasteiger partial charge < -0.3 is 10.2 Å². The van der Waals surface area contributed by atoms with Crippen LogP contribution in [-0.4, -0.2) is 40.3 Å². The first-order valence-corrected chi connectivity index (χ1v) is 8.23. The predicted molar refractivity (Wildman–Crippen MR) is 87.3 cm³/mol. The fraction of sp³-hybridized carbons (Fsp3) is 0.562. The monoisotopic (exact) mass is 345 g/mol. The van der Waals surface area contributed by atoms with Crippen molar-refractivity contribution in [2.24, 2.45) is 5.41 Å². The van der Waals surface area contributed by atoms with Gasteiger partial charge in [0.05, 0.1) is 6.10 Å². The van der Waals surface area contributed by atoms with Crippen molar-refractivity contribution in [3.63, 3.8) is 0 Å². The standard InChI is InChI=1S/C16H21Cl2NO3/c1-2-7-16(15(21)22)10-19(8-6-14(16)20)9-11-12(17)4-3-5-13(11)18/h3-5,14,20H,2,6-10H2,1H3,(H,21,22)/t14-,16+/m0/s1. The molecule has 0 radical (unpaired) electrons. The van der Waals surface area contributed by atoms with Crippen LogP contribution in [0, 0.1) is 5.41 Å². The van der Waals surface area contributed by atoms with Gasteiger partial charge in [-0.3, -0.25) is 9.69 Å². The molecule has 2 N–H and O–H groups in total. The van der Waals surface area contributed by atoms with Crippen molar-refractivity contribution in [1.82, 2.24) is 4.90 Å². The minimum absolute atomic E-state index is 0.304. The summed E-state index contributed by atoms with van der Waals surface area (Å²) in [5, 5.41) is 21.1. The molecule has 1 saturated heterocycles. The van der Waals surface area contributed by atoms with Crippen molar-refractivity contribution in [1.29, 1.82) is 0 Å². The number of aliphatic hydroxyl groups excluding tert-OH is 1. The van der Waals surface area contributed by atoms with E-state index in [4.69, 9.17) is 23.2 Å². The summed E-state index contributed by atoms with van der Waals surface area (Å²) in [5.41, 5.74) is -0.307. The van der Waals surface area contributed by atoms with Crippen molar-refractivity contribution in [2.45, 2.75) is 38.8 Å². The third-order valence-electron chi connectivity index (χ3n) is 4.43. The molecule has 122 valence electrons. The van der Waals surface area contributed by atoms with Crippen LogP contribution in [0.3, 0.4) is 0 Å². The molecule has 0 aromatic heterocycles. The molecule has 2 rings (SSSR count). The first-order chi connectivity index (χ1) is 10.4. The van der Waals surface area contributed by atoms with E-state index >= 15 is 0 Å². The van der Waals surface area contributed by atoms with Crippen molar-refractivity contribution in [3.05, 3.63) is 33.8 Å². The lowest BCUT2D eigenvalue weighted by Crippen LogP contribution is -2.55. The molecule has 4 nitrogen and oxygen atoms in total. The molecule has 1 heterocycles. The Morgan fingerprint density at radius 3 is 2.59 bits per heavy atom. The third-order valence-corrected chi connectivity index (χ3v) is 5.14. The van der Waals surface area contributed by atoms with Crippen LogP contribution >= 0.6 is 23.2 Å². The highest BCUT2D eigenvalue weighted by atomic mass is 35.5. The summed E-state index contributed by atoms with van der Waals surface area (Å²) in [5.74, 6) is -0.934. The van der Waals surface area contributed by atoms with Crippen LogP contribution in [0.5, 0.6) is 0 Å². The number of nitrogens with zero attached hydrogens (tertiary/aromatic N) is 1. The van der Waals surface area contributed by atoms with Crippen molar-refractivity contribution >= 4 is 29.2 Å². The normalized spacial score (nSPS) is 26.1. The largest absolute Gasteiger partial charge is 0.481 e. The Labute approximate surface area is 140 Å². The highest BCUT2D eigenvalue weighted by Crippen LogP contribution is 2.37. The van der Waals surface area contributed by atoms with E-state index in [0.29, 0.717) is 48.9 Å². The number of aliphatic carboxylic acids is 1. The molecule has 2 atom stereocenters. The van der Waals surface area contributed by atoms with Crippen LogP contribution < -0.4 is 0 Å². The molecule has 0 saturated carbocycles. The minimum Gasteiger partial charge on any atom is -0.481 e. The Hall–Kier alpha value is -0.810. The predicted octanol–water partition coefficient (Wildman–Crippen LogP) is 3.43. The topological polar surface area (TPSA) is 60.8 Å². The highest BCUT2D eigenvalue weighted by Gasteiger charge is 2.48. The van der Waals surface area contributed by atoms with Gasteiger partial charge in [0, 0.05) is 35.2 Å². The van der Waals surface area contributed by atoms with Crippen molar-refractivity contribution < 1.29 is 15.0 Å². The molecular weight excluding hydrogens is 325 g/mol. The van der Waals surface area contributed by atoms with Crippen molar-refractivity contribution in [3.8, 4) is 0 Å². The fourth-order valence-electron chi connectivity index (χ4n) is 3.22. The first-order valence-electron chi connectivity index (χ1n) is 7.47. The summed E-state index contributed by atoms with van der Waals surface area (Å²) in [6.07, 6.45) is 0.789. The van der Waals surface area contributed by atoms with Crippen LogP contribution in [0.25, 0.3) is 0 Å². The molecule has 1 aliphatic heterocycles. The lowest BCUT2D eigenvalue weighted by atomic mass is 9.74. The molecule has 0 bridgehead atoms. The first kappa shape index (κ1) is 17.5. The van der Waals surface area contributed by atoms with Gasteiger partial charge in [-0.05, 0) is 25.0 Å². The SMILES string of the molecule is CCC[C@@]1(C(=O)O)CN(Cc2c(Cl)cccc2Cl)CC[C@@H]1O. The van der Waals surface area contributed by atoms with E-state index < -0.39 is 17.5 Å². The van der Waals surface area contributed by atoms with Gasteiger partial charge >= 0.3 is 5.97 Å². The molecule has 0 unspecified atom stereocenters. The van der Waals surface area contributed by atoms with E-state index in [1.807, 2.05) is 11.8 Å². The molecule has 0 amide bonds. The Bertz CT molecular complexity index is 532. The zero-order chi connectivity index (χ0) is 16.3.